The number of ether oxygens (including phenoxy) is 1. The van der Waals surface area contributed by atoms with Crippen molar-refractivity contribution in [3.05, 3.63) is 41.7 Å². The van der Waals surface area contributed by atoms with Crippen LogP contribution in [0.1, 0.15) is 37.1 Å². The summed E-state index contributed by atoms with van der Waals surface area (Å²) in [5, 5.41) is 0. The van der Waals surface area contributed by atoms with Crippen molar-refractivity contribution in [2.24, 2.45) is 0 Å². The van der Waals surface area contributed by atoms with Crippen molar-refractivity contribution < 1.29 is 4.74 Å². The highest BCUT2D eigenvalue weighted by Gasteiger charge is 2.39. The standard InChI is InChI=1S/C17H21N3O/c1-12-14(13-8-4-3-5-9-13)19-16(20-15(12)18)17(21-2)10-6-7-11-17/h3-5,8-9H,6-7,10-11H2,1-2H3,(H2,18,19,20). The van der Waals surface area contributed by atoms with Gasteiger partial charge < -0.3 is 10.5 Å². The molecule has 1 saturated carbocycles. The molecule has 1 aromatic carbocycles. The number of methoxy groups -OCH3 is 1. The largest absolute Gasteiger partial charge is 0.383 e. The van der Waals surface area contributed by atoms with Crippen LogP contribution in [0.15, 0.2) is 30.3 Å². The van der Waals surface area contributed by atoms with E-state index in [1.165, 1.54) is 0 Å². The Labute approximate surface area is 125 Å². The van der Waals surface area contributed by atoms with Crippen molar-refractivity contribution in [3.63, 3.8) is 0 Å². The van der Waals surface area contributed by atoms with Crippen LogP contribution in [0.5, 0.6) is 0 Å². The lowest BCUT2D eigenvalue weighted by molar-refractivity contribution is -0.0161. The van der Waals surface area contributed by atoms with E-state index >= 15 is 0 Å². The third-order valence-electron chi connectivity index (χ3n) is 4.44. The van der Waals surface area contributed by atoms with Gasteiger partial charge in [0.05, 0.1) is 5.69 Å². The highest BCUT2D eigenvalue weighted by molar-refractivity contribution is 5.67. The molecule has 21 heavy (non-hydrogen) atoms. The molecule has 2 aromatic rings. The van der Waals surface area contributed by atoms with E-state index in [2.05, 4.69) is 4.98 Å². The van der Waals surface area contributed by atoms with E-state index in [4.69, 9.17) is 15.5 Å². The molecule has 1 aliphatic carbocycles. The molecule has 110 valence electrons. The minimum atomic E-state index is -0.370. The molecule has 0 bridgehead atoms. The Bertz CT molecular complexity index is 634. The van der Waals surface area contributed by atoms with E-state index in [-0.39, 0.29) is 5.60 Å². The van der Waals surface area contributed by atoms with Crippen molar-refractivity contribution in [3.8, 4) is 11.3 Å². The summed E-state index contributed by atoms with van der Waals surface area (Å²) in [6.07, 6.45) is 4.21. The quantitative estimate of drug-likeness (QED) is 0.937. The summed E-state index contributed by atoms with van der Waals surface area (Å²) in [6.45, 7) is 1.97. The molecule has 4 nitrogen and oxygen atoms in total. The predicted octanol–water partition coefficient (Wildman–Crippen LogP) is 3.45. The zero-order valence-corrected chi connectivity index (χ0v) is 12.6. The zero-order valence-electron chi connectivity index (χ0n) is 12.6. The lowest BCUT2D eigenvalue weighted by Crippen LogP contribution is -2.28. The summed E-state index contributed by atoms with van der Waals surface area (Å²) in [5.74, 6) is 1.27. The lowest BCUT2D eigenvalue weighted by atomic mass is 9.99. The van der Waals surface area contributed by atoms with Gasteiger partial charge in [0.25, 0.3) is 0 Å². The van der Waals surface area contributed by atoms with Gasteiger partial charge in [-0.1, -0.05) is 30.3 Å². The summed E-state index contributed by atoms with van der Waals surface area (Å²) >= 11 is 0. The average Bonchev–Trinajstić information content (AvgIpc) is 3.01. The highest BCUT2D eigenvalue weighted by atomic mass is 16.5. The van der Waals surface area contributed by atoms with Gasteiger partial charge in [0.1, 0.15) is 11.4 Å². The predicted molar refractivity (Wildman–Crippen MR) is 83.8 cm³/mol. The van der Waals surface area contributed by atoms with E-state index in [0.717, 1.165) is 48.3 Å². The van der Waals surface area contributed by atoms with Crippen LogP contribution in [-0.4, -0.2) is 17.1 Å². The van der Waals surface area contributed by atoms with Crippen LogP contribution in [0.3, 0.4) is 0 Å². The number of hydrogen-bond acceptors (Lipinski definition) is 4. The van der Waals surface area contributed by atoms with Gasteiger partial charge in [-0.2, -0.15) is 0 Å². The van der Waals surface area contributed by atoms with E-state index in [9.17, 15) is 0 Å². The Morgan fingerprint density at radius 3 is 2.38 bits per heavy atom. The number of nitrogens with zero attached hydrogens (tertiary/aromatic N) is 2. The van der Waals surface area contributed by atoms with Crippen molar-refractivity contribution in [2.45, 2.75) is 38.2 Å². The van der Waals surface area contributed by atoms with Crippen molar-refractivity contribution in [1.82, 2.24) is 9.97 Å². The molecule has 1 aliphatic rings. The van der Waals surface area contributed by atoms with Gasteiger partial charge in [-0.3, -0.25) is 0 Å². The molecule has 0 radical (unpaired) electrons. The van der Waals surface area contributed by atoms with E-state index < -0.39 is 0 Å². The molecule has 1 fully saturated rings. The lowest BCUT2D eigenvalue weighted by Gasteiger charge is -2.26. The van der Waals surface area contributed by atoms with Gasteiger partial charge in [-0.05, 0) is 32.6 Å². The molecular weight excluding hydrogens is 262 g/mol. The molecule has 0 saturated heterocycles. The fraction of sp³-hybridized carbons (Fsp3) is 0.412. The zero-order chi connectivity index (χ0) is 14.9. The average molecular weight is 283 g/mol. The fourth-order valence-corrected chi connectivity index (χ4v) is 3.08. The number of aromatic nitrogens is 2. The highest BCUT2D eigenvalue weighted by Crippen LogP contribution is 2.41. The Morgan fingerprint density at radius 1 is 1.10 bits per heavy atom. The summed E-state index contributed by atoms with van der Waals surface area (Å²) in [6, 6.07) is 10.1. The van der Waals surface area contributed by atoms with Gasteiger partial charge >= 0.3 is 0 Å². The molecule has 0 amide bonds. The van der Waals surface area contributed by atoms with Crippen molar-refractivity contribution >= 4 is 5.82 Å². The summed E-state index contributed by atoms with van der Waals surface area (Å²) < 4.78 is 5.79. The first-order valence-electron chi connectivity index (χ1n) is 7.41. The Balaban J connectivity index is 2.14. The number of anilines is 1. The van der Waals surface area contributed by atoms with Crippen LogP contribution < -0.4 is 5.73 Å². The van der Waals surface area contributed by atoms with Gasteiger partial charge in [-0.15, -0.1) is 0 Å². The fourth-order valence-electron chi connectivity index (χ4n) is 3.08. The normalized spacial score (nSPS) is 17.0. The molecule has 1 aromatic heterocycles. The topological polar surface area (TPSA) is 61.0 Å². The smallest absolute Gasteiger partial charge is 0.163 e. The first-order chi connectivity index (χ1) is 10.2. The maximum Gasteiger partial charge on any atom is 0.163 e. The van der Waals surface area contributed by atoms with Crippen molar-refractivity contribution in [2.75, 3.05) is 12.8 Å². The molecule has 0 atom stereocenters. The van der Waals surface area contributed by atoms with Gasteiger partial charge in [0, 0.05) is 18.2 Å². The second kappa shape index (κ2) is 5.45. The molecule has 0 unspecified atom stereocenters. The minimum Gasteiger partial charge on any atom is -0.383 e. The summed E-state index contributed by atoms with van der Waals surface area (Å²) in [5.41, 5.74) is 8.66. The molecule has 0 aliphatic heterocycles. The number of hydrogen-bond donors (Lipinski definition) is 1. The molecule has 0 spiro atoms. The molecule has 2 N–H and O–H groups in total. The summed E-state index contributed by atoms with van der Waals surface area (Å²) in [7, 11) is 1.74. The third-order valence-corrected chi connectivity index (χ3v) is 4.44. The molecule has 1 heterocycles. The van der Waals surface area contributed by atoms with E-state index in [1.54, 1.807) is 7.11 Å². The molecule has 3 rings (SSSR count). The van der Waals surface area contributed by atoms with Gasteiger partial charge in [-0.25, -0.2) is 9.97 Å². The van der Waals surface area contributed by atoms with Gasteiger partial charge in [0.2, 0.25) is 0 Å². The second-order valence-corrected chi connectivity index (χ2v) is 5.68. The summed E-state index contributed by atoms with van der Waals surface area (Å²) in [4.78, 5) is 9.34. The van der Waals surface area contributed by atoms with Crippen LogP contribution in [-0.2, 0) is 10.3 Å². The van der Waals surface area contributed by atoms with Crippen LogP contribution in [0.25, 0.3) is 11.3 Å². The maximum absolute atomic E-state index is 6.13. The van der Waals surface area contributed by atoms with Crippen LogP contribution in [0.2, 0.25) is 0 Å². The number of rotatable bonds is 3. The minimum absolute atomic E-state index is 0.370. The second-order valence-electron chi connectivity index (χ2n) is 5.68. The number of nitrogen functional groups attached to an aromatic ring is 1. The maximum atomic E-state index is 6.13. The van der Waals surface area contributed by atoms with Crippen LogP contribution >= 0.6 is 0 Å². The van der Waals surface area contributed by atoms with Crippen LogP contribution in [0, 0.1) is 6.92 Å². The first kappa shape index (κ1) is 14.0. The monoisotopic (exact) mass is 283 g/mol. The first-order valence-corrected chi connectivity index (χ1v) is 7.41. The Morgan fingerprint density at radius 2 is 1.76 bits per heavy atom. The van der Waals surface area contributed by atoms with Gasteiger partial charge in [0.15, 0.2) is 5.82 Å². The van der Waals surface area contributed by atoms with Crippen LogP contribution in [0.4, 0.5) is 5.82 Å². The Hall–Kier alpha value is -1.94. The number of nitrogens with two attached hydrogens (primary N) is 1. The molecule has 4 heteroatoms. The third kappa shape index (κ3) is 2.40. The Kier molecular flexibility index (Phi) is 3.64. The molecular formula is C17H21N3O. The number of benzene rings is 1. The van der Waals surface area contributed by atoms with Crippen molar-refractivity contribution in [1.29, 1.82) is 0 Å². The SMILES string of the molecule is COC1(c2nc(N)c(C)c(-c3ccccc3)n2)CCCC1. The van der Waals surface area contributed by atoms with E-state index in [0.29, 0.717) is 5.82 Å². The van der Waals surface area contributed by atoms with E-state index in [1.807, 2.05) is 37.3 Å².